The molecule has 0 unspecified atom stereocenters. The monoisotopic (exact) mass is 527 g/mol. The minimum atomic E-state index is -0.974. The van der Waals surface area contributed by atoms with Gasteiger partial charge in [0.15, 0.2) is 0 Å². The van der Waals surface area contributed by atoms with E-state index in [1.165, 1.54) is 5.56 Å². The van der Waals surface area contributed by atoms with Crippen molar-refractivity contribution in [2.75, 3.05) is 38.0 Å². The summed E-state index contributed by atoms with van der Waals surface area (Å²) in [5.41, 5.74) is 4.83. The van der Waals surface area contributed by atoms with Crippen LogP contribution in [0.2, 0.25) is 0 Å². The van der Waals surface area contributed by atoms with Crippen LogP contribution in [0.25, 0.3) is 11.1 Å². The van der Waals surface area contributed by atoms with E-state index in [1.54, 1.807) is 12.4 Å². The Kier molecular flexibility index (Phi) is 8.83. The van der Waals surface area contributed by atoms with Crippen molar-refractivity contribution in [3.8, 4) is 11.1 Å². The number of carboxylic acid groups (broad SMARTS) is 1. The smallest absolute Gasteiger partial charge is 0.312 e. The van der Waals surface area contributed by atoms with Crippen LogP contribution in [0.15, 0.2) is 60.9 Å². The molecule has 0 radical (unpaired) electrons. The number of carboxylic acids is 1. The molecule has 39 heavy (non-hydrogen) atoms. The zero-order chi connectivity index (χ0) is 27.0. The highest BCUT2D eigenvalue weighted by atomic mass is 16.4. The molecule has 204 valence electrons. The largest absolute Gasteiger partial charge is 0.481 e. The van der Waals surface area contributed by atoms with Gasteiger partial charge in [0.25, 0.3) is 0 Å². The minimum Gasteiger partial charge on any atom is -0.481 e. The molecule has 2 aromatic heterocycles. The number of nitrogens with zero attached hydrogens (tertiary/aromatic N) is 3. The highest BCUT2D eigenvalue weighted by molar-refractivity contribution is 5.81. The third kappa shape index (κ3) is 7.00. The third-order valence-electron chi connectivity index (χ3n) is 7.78. The fourth-order valence-electron chi connectivity index (χ4n) is 5.60. The van der Waals surface area contributed by atoms with Crippen LogP contribution in [-0.4, -0.2) is 64.6 Å². The van der Waals surface area contributed by atoms with Gasteiger partial charge in [0.05, 0.1) is 5.92 Å². The van der Waals surface area contributed by atoms with Crippen molar-refractivity contribution in [2.24, 2.45) is 5.92 Å². The quantitative estimate of drug-likeness (QED) is 0.364. The van der Waals surface area contributed by atoms with Gasteiger partial charge in [-0.3, -0.25) is 14.6 Å². The van der Waals surface area contributed by atoms with E-state index in [2.05, 4.69) is 32.7 Å². The van der Waals surface area contributed by atoms with Gasteiger partial charge in [0.1, 0.15) is 11.7 Å². The van der Waals surface area contributed by atoms with E-state index in [-0.39, 0.29) is 18.4 Å². The number of carbonyl (C=O) groups excluding carboxylic acids is 1. The lowest BCUT2D eigenvalue weighted by atomic mass is 9.95. The van der Waals surface area contributed by atoms with E-state index < -0.39 is 11.9 Å². The average Bonchev–Trinajstić information content (AvgIpc) is 2.98. The highest BCUT2D eigenvalue weighted by Gasteiger charge is 2.28. The number of benzene rings is 1. The van der Waals surface area contributed by atoms with Crippen molar-refractivity contribution >= 4 is 17.7 Å². The second-order valence-electron chi connectivity index (χ2n) is 10.6. The van der Waals surface area contributed by atoms with Gasteiger partial charge >= 0.3 is 5.97 Å². The number of fused-ring (bicyclic) bond motifs is 1. The number of nitrogens with one attached hydrogen (secondary N) is 2. The Morgan fingerprint density at radius 2 is 1.97 bits per heavy atom. The summed E-state index contributed by atoms with van der Waals surface area (Å²) in [5.74, 6) is -0.994. The molecule has 8 heteroatoms. The topological polar surface area (TPSA) is 107 Å². The number of hydrogen-bond acceptors (Lipinski definition) is 6. The first kappa shape index (κ1) is 26.8. The Balaban J connectivity index is 1.12. The number of piperidine rings is 1. The Morgan fingerprint density at radius 1 is 1.10 bits per heavy atom. The van der Waals surface area contributed by atoms with Crippen LogP contribution in [0.4, 0.5) is 5.82 Å². The molecule has 5 rings (SSSR count). The fraction of sp³-hybridized carbons (Fsp3) is 0.419. The van der Waals surface area contributed by atoms with Crippen molar-refractivity contribution in [1.82, 2.24) is 20.2 Å². The molecule has 0 bridgehead atoms. The summed E-state index contributed by atoms with van der Waals surface area (Å²) in [7, 11) is 0. The average molecular weight is 528 g/mol. The lowest BCUT2D eigenvalue weighted by Crippen LogP contribution is -2.44. The van der Waals surface area contributed by atoms with Crippen LogP contribution in [0.5, 0.6) is 0 Å². The summed E-state index contributed by atoms with van der Waals surface area (Å²) >= 11 is 0. The number of carbonyl (C=O) groups is 2. The first-order valence-electron chi connectivity index (χ1n) is 14.0. The van der Waals surface area contributed by atoms with E-state index in [4.69, 9.17) is 4.98 Å². The SMILES string of the molecule is O=C(NC[C@H](C(=O)O)c1cncc(-c2ccccc2)c1)[C@@H]1CCCN(CCCc2ccc3c(n2)NCCC3)C1. The first-order valence-corrected chi connectivity index (χ1v) is 14.0. The Hall–Kier alpha value is -3.78. The van der Waals surface area contributed by atoms with Crippen molar-refractivity contribution in [3.63, 3.8) is 0 Å². The van der Waals surface area contributed by atoms with E-state index in [1.807, 2.05) is 36.4 Å². The molecule has 1 fully saturated rings. The third-order valence-corrected chi connectivity index (χ3v) is 7.78. The lowest BCUT2D eigenvalue weighted by molar-refractivity contribution is -0.138. The van der Waals surface area contributed by atoms with E-state index >= 15 is 0 Å². The lowest BCUT2D eigenvalue weighted by Gasteiger charge is -2.32. The van der Waals surface area contributed by atoms with Crippen LogP contribution in [0.3, 0.4) is 0 Å². The van der Waals surface area contributed by atoms with Gasteiger partial charge in [-0.1, -0.05) is 36.4 Å². The molecule has 4 heterocycles. The molecule has 1 saturated heterocycles. The zero-order valence-corrected chi connectivity index (χ0v) is 22.3. The maximum absolute atomic E-state index is 13.1. The van der Waals surface area contributed by atoms with Crippen molar-refractivity contribution in [3.05, 3.63) is 77.7 Å². The maximum atomic E-state index is 13.1. The van der Waals surface area contributed by atoms with Crippen molar-refractivity contribution < 1.29 is 14.7 Å². The van der Waals surface area contributed by atoms with Gasteiger partial charge < -0.3 is 20.6 Å². The summed E-state index contributed by atoms with van der Waals surface area (Å²) in [5, 5.41) is 16.2. The van der Waals surface area contributed by atoms with Crippen molar-refractivity contribution in [1.29, 1.82) is 0 Å². The maximum Gasteiger partial charge on any atom is 0.312 e. The molecule has 1 amide bonds. The summed E-state index contributed by atoms with van der Waals surface area (Å²) in [6.45, 7) is 3.64. The van der Waals surface area contributed by atoms with Crippen LogP contribution in [-0.2, 0) is 22.4 Å². The molecule has 0 saturated carbocycles. The summed E-state index contributed by atoms with van der Waals surface area (Å²) in [6.07, 6.45) is 9.25. The van der Waals surface area contributed by atoms with Crippen LogP contribution >= 0.6 is 0 Å². The molecule has 3 N–H and O–H groups in total. The Bertz CT molecular complexity index is 1280. The predicted molar refractivity (Wildman–Crippen MR) is 152 cm³/mol. The van der Waals surface area contributed by atoms with Gasteiger partial charge in [-0.15, -0.1) is 0 Å². The van der Waals surface area contributed by atoms with Gasteiger partial charge in [0.2, 0.25) is 5.91 Å². The van der Waals surface area contributed by atoms with E-state index in [0.717, 1.165) is 80.8 Å². The van der Waals surface area contributed by atoms with Crippen LogP contribution < -0.4 is 10.6 Å². The highest BCUT2D eigenvalue weighted by Crippen LogP contribution is 2.24. The molecule has 2 aliphatic rings. The molecule has 1 aromatic carbocycles. The molecule has 0 aliphatic carbocycles. The number of aromatic nitrogens is 2. The molecular formula is C31H37N5O3. The normalized spacial score (nSPS) is 18.0. The second kappa shape index (κ2) is 12.8. The minimum absolute atomic E-state index is 0.0443. The first-order chi connectivity index (χ1) is 19.1. The van der Waals surface area contributed by atoms with E-state index in [9.17, 15) is 14.7 Å². The Morgan fingerprint density at radius 3 is 2.82 bits per heavy atom. The van der Waals surface area contributed by atoms with Crippen LogP contribution in [0, 0.1) is 5.92 Å². The molecule has 0 spiro atoms. The Labute approximate surface area is 229 Å². The number of amides is 1. The molecule has 8 nitrogen and oxygen atoms in total. The summed E-state index contributed by atoms with van der Waals surface area (Å²) in [4.78, 5) is 36.6. The molecule has 3 aromatic rings. The molecule has 2 atom stereocenters. The van der Waals surface area contributed by atoms with Crippen molar-refractivity contribution in [2.45, 2.75) is 44.4 Å². The van der Waals surface area contributed by atoms with Gasteiger partial charge in [-0.2, -0.15) is 0 Å². The predicted octanol–water partition coefficient (Wildman–Crippen LogP) is 4.13. The van der Waals surface area contributed by atoms with Gasteiger partial charge in [-0.05, 0) is 80.4 Å². The number of anilines is 1. The number of likely N-dealkylation sites (tertiary alicyclic amines) is 1. The van der Waals surface area contributed by atoms with Gasteiger partial charge in [-0.25, -0.2) is 4.98 Å². The molecular weight excluding hydrogens is 490 g/mol. The number of hydrogen-bond donors (Lipinski definition) is 3. The zero-order valence-electron chi connectivity index (χ0n) is 22.3. The second-order valence-corrected chi connectivity index (χ2v) is 10.6. The number of rotatable bonds is 10. The van der Waals surface area contributed by atoms with Crippen LogP contribution in [0.1, 0.15) is 48.4 Å². The number of pyridine rings is 2. The van der Waals surface area contributed by atoms with Gasteiger partial charge in [0, 0.05) is 43.3 Å². The fourth-order valence-corrected chi connectivity index (χ4v) is 5.60. The van der Waals surface area contributed by atoms with E-state index in [0.29, 0.717) is 12.1 Å². The molecule has 2 aliphatic heterocycles. The summed E-state index contributed by atoms with van der Waals surface area (Å²) in [6, 6.07) is 15.9. The summed E-state index contributed by atoms with van der Waals surface area (Å²) < 4.78 is 0. The number of aryl methyl sites for hydroxylation is 2. The number of aliphatic carboxylic acids is 1. The standard InChI is InChI=1S/C31H37N5O3/c37-30(34-20-28(31(38)39)26-17-25(18-32-19-26)22-7-2-1-3-8-22)24-10-5-15-36(21-24)16-6-11-27-13-12-23-9-4-14-33-29(23)35-27/h1-3,7-8,12-13,17-19,24,28H,4-6,9-11,14-16,20-21H2,(H,33,35)(H,34,37)(H,38,39)/t24-,28+/m1/s1.